The van der Waals surface area contributed by atoms with Crippen molar-refractivity contribution in [3.63, 3.8) is 0 Å². The monoisotopic (exact) mass is 557 g/mol. The number of pyridine rings is 1. The van der Waals surface area contributed by atoms with Gasteiger partial charge in [0.15, 0.2) is 0 Å². The molecule has 3 aromatic rings. The van der Waals surface area contributed by atoms with Crippen LogP contribution in [0.2, 0.25) is 0 Å². The number of sulfone groups is 1. The highest BCUT2D eigenvalue weighted by molar-refractivity contribution is 7.92. The molecule has 0 radical (unpaired) electrons. The number of aromatic nitrogens is 3. The van der Waals surface area contributed by atoms with E-state index in [2.05, 4.69) is 15.2 Å². The van der Waals surface area contributed by atoms with E-state index in [4.69, 9.17) is 4.74 Å². The second kappa shape index (κ2) is 11.7. The smallest absolute Gasteiger partial charge is 0.493 e. The van der Waals surface area contributed by atoms with Gasteiger partial charge in [-0.05, 0) is 55.1 Å². The number of carbonyl (C=O) groups excluding carboxylic acids is 1. The molecule has 0 unspecified atom stereocenters. The molecule has 0 saturated heterocycles. The fourth-order valence-electron chi connectivity index (χ4n) is 3.53. The average molecular weight is 558 g/mol. The third-order valence-corrected chi connectivity index (χ3v) is 7.09. The molecular weight excluding hydrogens is 531 g/mol. The van der Waals surface area contributed by atoms with Crippen LogP contribution < -0.4 is 11.0 Å². The summed E-state index contributed by atoms with van der Waals surface area (Å²) in [7, 11) is -5.56. The number of aromatic hydroxyl groups is 1. The Morgan fingerprint density at radius 3 is 2.42 bits per heavy atom. The van der Waals surface area contributed by atoms with Crippen molar-refractivity contribution in [2.45, 2.75) is 30.8 Å². The maximum Gasteiger partial charge on any atom is 0.501 e. The number of amides is 1. The third kappa shape index (κ3) is 6.52. The third-order valence-electron chi connectivity index (χ3n) is 5.59. The molecule has 0 aliphatic heterocycles. The number of ether oxygens (including phenoxy) is 1. The lowest BCUT2D eigenvalue weighted by Gasteiger charge is -2.17. The lowest BCUT2D eigenvalue weighted by molar-refractivity contribution is -0.0436. The SMILES string of the molecule is CCN(CC)CCOC(=O)Nc1cc(Cn2cc(O)n(-c3ccc(S(=O)(=O)C(F)(F)F)cc3)c2=O)ccn1. The zero-order chi connectivity index (χ0) is 28.1. The lowest BCUT2D eigenvalue weighted by atomic mass is 10.2. The molecule has 15 heteroatoms. The van der Waals surface area contributed by atoms with Gasteiger partial charge in [-0.1, -0.05) is 13.8 Å². The van der Waals surface area contributed by atoms with Gasteiger partial charge < -0.3 is 14.7 Å². The maximum absolute atomic E-state index is 12.9. The standard InChI is InChI=1S/C23H26F3N5O6S/c1-3-29(4-2)11-12-37-21(33)28-19-13-16(9-10-27-19)14-30-15-20(32)31(22(30)34)17-5-7-18(8-6-17)38(35,36)23(24,25)26/h5-10,13,15,32H,3-4,11-12,14H2,1-2H3,(H,27,28,33). The van der Waals surface area contributed by atoms with E-state index in [1.54, 1.807) is 6.07 Å². The van der Waals surface area contributed by atoms with E-state index < -0.39 is 37.9 Å². The molecule has 206 valence electrons. The molecule has 2 aromatic heterocycles. The maximum atomic E-state index is 12.9. The van der Waals surface area contributed by atoms with E-state index >= 15 is 0 Å². The summed E-state index contributed by atoms with van der Waals surface area (Å²) in [5, 5.41) is 12.8. The van der Waals surface area contributed by atoms with Crippen molar-refractivity contribution >= 4 is 21.7 Å². The van der Waals surface area contributed by atoms with Crippen LogP contribution in [0.5, 0.6) is 5.88 Å². The molecule has 1 amide bonds. The number of alkyl halides is 3. The van der Waals surface area contributed by atoms with Crippen LogP contribution in [0.15, 0.2) is 58.5 Å². The topological polar surface area (TPSA) is 136 Å². The zero-order valence-electron chi connectivity index (χ0n) is 20.5. The van der Waals surface area contributed by atoms with E-state index in [1.165, 1.54) is 12.3 Å². The zero-order valence-corrected chi connectivity index (χ0v) is 21.3. The number of nitrogens with zero attached hydrogens (tertiary/aromatic N) is 4. The highest BCUT2D eigenvalue weighted by atomic mass is 32.2. The Balaban J connectivity index is 1.73. The summed E-state index contributed by atoms with van der Waals surface area (Å²) in [6.07, 6.45) is 1.82. The lowest BCUT2D eigenvalue weighted by Crippen LogP contribution is -2.28. The first-order valence-corrected chi connectivity index (χ1v) is 12.9. The number of hydrogen-bond acceptors (Lipinski definition) is 8. The average Bonchev–Trinajstić information content (AvgIpc) is 3.13. The van der Waals surface area contributed by atoms with Crippen molar-refractivity contribution < 1.29 is 36.2 Å². The van der Waals surface area contributed by atoms with Crippen LogP contribution in [0, 0.1) is 0 Å². The highest BCUT2D eigenvalue weighted by Crippen LogP contribution is 2.30. The number of carbonyl (C=O) groups is 1. The molecule has 0 spiro atoms. The van der Waals surface area contributed by atoms with Crippen LogP contribution in [-0.4, -0.2) is 70.4 Å². The van der Waals surface area contributed by atoms with Crippen molar-refractivity contribution in [1.82, 2.24) is 19.0 Å². The number of nitrogens with one attached hydrogen (secondary N) is 1. The van der Waals surface area contributed by atoms with Gasteiger partial charge in [-0.3, -0.25) is 9.88 Å². The van der Waals surface area contributed by atoms with Gasteiger partial charge in [-0.15, -0.1) is 0 Å². The fourth-order valence-corrected chi connectivity index (χ4v) is 4.29. The fraction of sp³-hybridized carbons (Fsp3) is 0.348. The predicted molar refractivity (Wildman–Crippen MR) is 131 cm³/mol. The molecular formula is C23H26F3N5O6S. The minimum absolute atomic E-state index is 0.0445. The largest absolute Gasteiger partial charge is 0.501 e. The van der Waals surface area contributed by atoms with Crippen molar-refractivity contribution in [2.75, 3.05) is 31.6 Å². The van der Waals surface area contributed by atoms with Crippen LogP contribution >= 0.6 is 0 Å². The number of halogens is 3. The molecule has 11 nitrogen and oxygen atoms in total. The Hall–Kier alpha value is -3.85. The van der Waals surface area contributed by atoms with Gasteiger partial charge >= 0.3 is 17.3 Å². The summed E-state index contributed by atoms with van der Waals surface area (Å²) in [5.74, 6) is -0.348. The molecule has 0 fully saturated rings. The van der Waals surface area contributed by atoms with Gasteiger partial charge in [0.1, 0.15) is 12.4 Å². The normalized spacial score (nSPS) is 12.1. The van der Waals surface area contributed by atoms with E-state index in [9.17, 15) is 36.3 Å². The summed E-state index contributed by atoms with van der Waals surface area (Å²) in [6, 6.07) is 6.43. The molecule has 1 aromatic carbocycles. The first-order chi connectivity index (χ1) is 17.9. The number of rotatable bonds is 10. The van der Waals surface area contributed by atoms with Gasteiger partial charge in [-0.25, -0.2) is 27.6 Å². The molecule has 0 bridgehead atoms. The molecule has 0 aliphatic rings. The van der Waals surface area contributed by atoms with Gasteiger partial charge in [-0.2, -0.15) is 13.2 Å². The molecule has 2 N–H and O–H groups in total. The second-order valence-electron chi connectivity index (χ2n) is 8.01. The van der Waals surface area contributed by atoms with Crippen molar-refractivity contribution in [3.05, 3.63) is 64.8 Å². The summed E-state index contributed by atoms with van der Waals surface area (Å²) in [4.78, 5) is 30.1. The van der Waals surface area contributed by atoms with Gasteiger partial charge in [0.05, 0.1) is 23.3 Å². The minimum atomic E-state index is -5.56. The quantitative estimate of drug-likeness (QED) is 0.389. The van der Waals surface area contributed by atoms with Crippen molar-refractivity contribution in [2.24, 2.45) is 0 Å². The van der Waals surface area contributed by atoms with Crippen LogP contribution in [0.4, 0.5) is 23.8 Å². The number of anilines is 1. The van der Waals surface area contributed by atoms with E-state index in [0.717, 1.165) is 40.6 Å². The van der Waals surface area contributed by atoms with Crippen LogP contribution in [-0.2, 0) is 21.1 Å². The van der Waals surface area contributed by atoms with Gasteiger partial charge in [0.25, 0.3) is 9.84 Å². The summed E-state index contributed by atoms with van der Waals surface area (Å²) < 4.78 is 68.5. The second-order valence-corrected chi connectivity index (χ2v) is 9.95. The van der Waals surface area contributed by atoms with Gasteiger partial charge in [0.2, 0.25) is 5.88 Å². The Kier molecular flexibility index (Phi) is 8.83. The van der Waals surface area contributed by atoms with E-state index in [-0.39, 0.29) is 24.7 Å². The molecule has 0 saturated carbocycles. The van der Waals surface area contributed by atoms with Crippen LogP contribution in [0.25, 0.3) is 5.69 Å². The minimum Gasteiger partial charge on any atom is -0.493 e. The molecule has 0 atom stereocenters. The van der Waals surface area contributed by atoms with Crippen molar-refractivity contribution in [1.29, 1.82) is 0 Å². The Bertz CT molecular complexity index is 1430. The molecule has 2 heterocycles. The summed E-state index contributed by atoms with van der Waals surface area (Å²) in [6.45, 7) is 6.38. The van der Waals surface area contributed by atoms with Crippen LogP contribution in [0.3, 0.4) is 0 Å². The van der Waals surface area contributed by atoms with E-state index in [0.29, 0.717) is 24.2 Å². The Labute approximate surface area is 216 Å². The molecule has 38 heavy (non-hydrogen) atoms. The Morgan fingerprint density at radius 2 is 1.82 bits per heavy atom. The Morgan fingerprint density at radius 1 is 1.16 bits per heavy atom. The van der Waals surface area contributed by atoms with E-state index in [1.807, 2.05) is 13.8 Å². The summed E-state index contributed by atoms with van der Waals surface area (Å²) in [5.41, 5.74) is -5.73. The first-order valence-electron chi connectivity index (χ1n) is 11.4. The first kappa shape index (κ1) is 28.7. The number of hydrogen-bond donors (Lipinski definition) is 2. The number of benzene rings is 1. The number of imidazole rings is 1. The van der Waals surface area contributed by atoms with Crippen molar-refractivity contribution in [3.8, 4) is 11.6 Å². The molecule has 3 rings (SSSR count). The highest BCUT2D eigenvalue weighted by Gasteiger charge is 2.46. The molecule has 0 aliphatic carbocycles. The summed E-state index contributed by atoms with van der Waals surface area (Å²) >= 11 is 0. The van der Waals surface area contributed by atoms with Gasteiger partial charge in [0, 0.05) is 12.7 Å². The predicted octanol–water partition coefficient (Wildman–Crippen LogP) is 2.97. The van der Waals surface area contributed by atoms with Crippen LogP contribution in [0.1, 0.15) is 19.4 Å². The number of likely N-dealkylation sites (N-methyl/N-ethyl adjacent to an activating group) is 1.